The molecule has 2 atom stereocenters. The van der Waals surface area contributed by atoms with Gasteiger partial charge in [0.1, 0.15) is 0 Å². The summed E-state index contributed by atoms with van der Waals surface area (Å²) in [7, 11) is 0. The van der Waals surface area contributed by atoms with Gasteiger partial charge >= 0.3 is 12.4 Å². The summed E-state index contributed by atoms with van der Waals surface area (Å²) in [5, 5.41) is 4.60. The van der Waals surface area contributed by atoms with Crippen LogP contribution in [-0.4, -0.2) is 16.1 Å². The number of anilines is 2. The third-order valence-corrected chi connectivity index (χ3v) is 8.30. The van der Waals surface area contributed by atoms with Gasteiger partial charge in [0.15, 0.2) is 0 Å². The molecule has 1 aliphatic rings. The van der Waals surface area contributed by atoms with Crippen LogP contribution in [0, 0.1) is 0 Å². The number of alkyl halides is 10. The molecule has 234 valence electrons. The first-order valence-corrected chi connectivity index (χ1v) is 13.6. The zero-order valence-electron chi connectivity index (χ0n) is 22.3. The van der Waals surface area contributed by atoms with Crippen LogP contribution < -0.4 is 10.6 Å². The van der Waals surface area contributed by atoms with Crippen molar-refractivity contribution in [2.45, 2.75) is 28.0 Å². The Morgan fingerprint density at radius 1 is 0.556 bits per heavy atom. The van der Waals surface area contributed by atoms with E-state index in [4.69, 9.17) is 23.2 Å². The predicted octanol–water partition coefficient (Wildman–Crippen LogP) is 9.45. The normalized spacial score (nSPS) is 20.8. The van der Waals surface area contributed by atoms with E-state index in [1.807, 2.05) is 0 Å². The first-order chi connectivity index (χ1) is 20.9. The van der Waals surface area contributed by atoms with E-state index in [9.17, 15) is 35.9 Å². The molecule has 4 aromatic rings. The number of carbonyl (C=O) groups excluding carboxylic acids is 2. The molecule has 0 bridgehead atoms. The molecule has 0 aromatic heterocycles. The number of halogens is 10. The quantitative estimate of drug-likeness (QED) is 0.158. The van der Waals surface area contributed by atoms with E-state index >= 15 is 8.78 Å². The lowest BCUT2D eigenvalue weighted by atomic mass is 9.98. The van der Waals surface area contributed by atoms with Crippen LogP contribution in [0.2, 0.25) is 0 Å². The molecule has 1 saturated carbocycles. The van der Waals surface area contributed by atoms with Gasteiger partial charge in [-0.25, -0.2) is 8.78 Å². The maximum absolute atomic E-state index is 16.2. The standard InChI is InChI=1S/C31H18Cl2F8N2O2/c32-31(33)27(34,19-11-7-17(8-12-19)25(44)42-23-5-1-3-21(15-23)29(36,37)38)28(31,35)20-13-9-18(10-14-20)26(45)43-24-6-2-4-22(16-24)30(39,40)41/h1-16H,(H,42,44)(H,43,45). The number of carbonyl (C=O) groups is 2. The summed E-state index contributed by atoms with van der Waals surface area (Å²) in [5.41, 5.74) is -9.17. The first kappa shape index (κ1) is 32.2. The Hall–Kier alpha value is -4.16. The van der Waals surface area contributed by atoms with Crippen LogP contribution in [0.1, 0.15) is 43.0 Å². The van der Waals surface area contributed by atoms with Gasteiger partial charge in [-0.15, -0.1) is 0 Å². The molecule has 4 aromatic carbocycles. The minimum atomic E-state index is -4.63. The number of benzene rings is 4. The summed E-state index contributed by atoms with van der Waals surface area (Å²) in [6.07, 6.45) is -9.26. The van der Waals surface area contributed by atoms with Crippen LogP contribution in [0.15, 0.2) is 97.1 Å². The van der Waals surface area contributed by atoms with E-state index in [2.05, 4.69) is 10.6 Å². The summed E-state index contributed by atoms with van der Waals surface area (Å²) in [6.45, 7) is 0. The van der Waals surface area contributed by atoms with Gasteiger partial charge in [-0.1, -0.05) is 59.6 Å². The fraction of sp³-hybridized carbons (Fsp3) is 0.161. The second-order valence-electron chi connectivity index (χ2n) is 10.1. The number of nitrogens with one attached hydrogen (secondary N) is 2. The van der Waals surface area contributed by atoms with E-state index in [0.29, 0.717) is 0 Å². The maximum atomic E-state index is 16.2. The molecule has 0 spiro atoms. The lowest BCUT2D eigenvalue weighted by Gasteiger charge is -2.14. The van der Waals surface area contributed by atoms with Crippen molar-refractivity contribution < 1.29 is 44.7 Å². The van der Waals surface area contributed by atoms with Gasteiger partial charge in [0.25, 0.3) is 11.8 Å². The van der Waals surface area contributed by atoms with Crippen LogP contribution in [0.4, 0.5) is 46.5 Å². The van der Waals surface area contributed by atoms with Gasteiger partial charge in [-0.05, 0) is 71.8 Å². The smallest absolute Gasteiger partial charge is 0.322 e. The van der Waals surface area contributed by atoms with Crippen LogP contribution in [-0.2, 0) is 23.7 Å². The van der Waals surface area contributed by atoms with Crippen molar-refractivity contribution in [3.8, 4) is 0 Å². The van der Waals surface area contributed by atoms with Gasteiger partial charge in [0.2, 0.25) is 15.7 Å². The average Bonchev–Trinajstić information content (AvgIpc) is 3.36. The highest BCUT2D eigenvalue weighted by Gasteiger charge is 2.92. The fourth-order valence-electron chi connectivity index (χ4n) is 4.84. The van der Waals surface area contributed by atoms with E-state index in [-0.39, 0.29) is 33.6 Å². The van der Waals surface area contributed by atoms with Crippen molar-refractivity contribution in [3.63, 3.8) is 0 Å². The zero-order valence-corrected chi connectivity index (χ0v) is 23.8. The van der Waals surface area contributed by atoms with Gasteiger partial charge in [-0.2, -0.15) is 26.3 Å². The molecule has 1 aliphatic carbocycles. The minimum Gasteiger partial charge on any atom is -0.322 e. The average molecular weight is 673 g/mol. The summed E-state index contributed by atoms with van der Waals surface area (Å²) in [6, 6.07) is 16.5. The Morgan fingerprint density at radius 2 is 0.889 bits per heavy atom. The minimum absolute atomic E-state index is 0.0873. The van der Waals surface area contributed by atoms with Gasteiger partial charge in [-0.3, -0.25) is 9.59 Å². The van der Waals surface area contributed by atoms with Crippen molar-refractivity contribution in [3.05, 3.63) is 130 Å². The highest BCUT2D eigenvalue weighted by atomic mass is 35.5. The molecule has 4 nitrogen and oxygen atoms in total. The molecule has 5 rings (SSSR count). The SMILES string of the molecule is O=C(Nc1cccc(C(F)(F)F)c1)c1ccc(C2(F)C(Cl)(Cl)C2(F)c2ccc(C(=O)Nc3cccc(C(F)(F)F)c3)cc2)cc1. The Bertz CT molecular complexity index is 1650. The second kappa shape index (κ2) is 11.0. The predicted molar refractivity (Wildman–Crippen MR) is 152 cm³/mol. The zero-order chi connectivity index (χ0) is 33.0. The highest BCUT2D eigenvalue weighted by Crippen LogP contribution is 2.80. The van der Waals surface area contributed by atoms with E-state index in [0.717, 1.165) is 84.9 Å². The highest BCUT2D eigenvalue weighted by molar-refractivity contribution is 6.53. The molecule has 0 aliphatic heterocycles. The van der Waals surface area contributed by atoms with Crippen molar-refractivity contribution in [2.24, 2.45) is 0 Å². The fourth-order valence-corrected chi connectivity index (χ4v) is 5.70. The summed E-state index contributed by atoms with van der Waals surface area (Å²) < 4.78 is 108. The molecule has 14 heteroatoms. The van der Waals surface area contributed by atoms with E-state index < -0.39 is 51.0 Å². The lowest BCUT2D eigenvalue weighted by molar-refractivity contribution is -0.138. The Balaban J connectivity index is 1.32. The molecular formula is C31H18Cl2F8N2O2. The van der Waals surface area contributed by atoms with Crippen molar-refractivity contribution >= 4 is 46.4 Å². The summed E-state index contributed by atoms with van der Waals surface area (Å²) >= 11 is 12.2. The van der Waals surface area contributed by atoms with Gasteiger partial charge in [0.05, 0.1) is 11.1 Å². The van der Waals surface area contributed by atoms with Crippen molar-refractivity contribution in [1.29, 1.82) is 0 Å². The van der Waals surface area contributed by atoms with Crippen LogP contribution in [0.25, 0.3) is 0 Å². The Morgan fingerprint density at radius 3 is 1.20 bits per heavy atom. The number of amides is 2. The van der Waals surface area contributed by atoms with Crippen LogP contribution in [0.5, 0.6) is 0 Å². The molecule has 45 heavy (non-hydrogen) atoms. The van der Waals surface area contributed by atoms with Gasteiger partial charge in [0, 0.05) is 22.5 Å². The Kier molecular flexibility index (Phi) is 7.90. The second-order valence-corrected chi connectivity index (χ2v) is 11.4. The largest absolute Gasteiger partial charge is 0.416 e. The molecular weight excluding hydrogens is 655 g/mol. The summed E-state index contributed by atoms with van der Waals surface area (Å²) in [5.74, 6) is -1.64. The Labute approximate surface area is 260 Å². The third-order valence-electron chi connectivity index (χ3n) is 7.26. The molecule has 2 N–H and O–H groups in total. The molecule has 0 heterocycles. The molecule has 0 saturated heterocycles. The summed E-state index contributed by atoms with van der Waals surface area (Å²) in [4.78, 5) is 25.2. The molecule has 1 fully saturated rings. The topological polar surface area (TPSA) is 58.2 Å². The number of rotatable bonds is 6. The van der Waals surface area contributed by atoms with E-state index in [1.54, 1.807) is 0 Å². The maximum Gasteiger partial charge on any atom is 0.416 e. The number of hydrogen-bond donors (Lipinski definition) is 2. The molecule has 2 amide bonds. The van der Waals surface area contributed by atoms with Crippen molar-refractivity contribution in [2.75, 3.05) is 10.6 Å². The van der Waals surface area contributed by atoms with Gasteiger partial charge < -0.3 is 10.6 Å². The number of hydrogen-bond acceptors (Lipinski definition) is 2. The van der Waals surface area contributed by atoms with Crippen LogP contribution in [0.3, 0.4) is 0 Å². The lowest BCUT2D eigenvalue weighted by Crippen LogP contribution is -2.16. The first-order valence-electron chi connectivity index (χ1n) is 12.8. The third kappa shape index (κ3) is 5.61. The monoisotopic (exact) mass is 672 g/mol. The molecule has 2 unspecified atom stereocenters. The van der Waals surface area contributed by atoms with Crippen molar-refractivity contribution in [1.82, 2.24) is 0 Å². The van der Waals surface area contributed by atoms with E-state index in [1.165, 1.54) is 12.1 Å². The van der Waals surface area contributed by atoms with Crippen LogP contribution >= 0.6 is 23.2 Å². The molecule has 0 radical (unpaired) electrons.